The first-order valence-corrected chi connectivity index (χ1v) is 7.16. The van der Waals surface area contributed by atoms with Gasteiger partial charge in [-0.2, -0.15) is 0 Å². The Morgan fingerprint density at radius 2 is 2.25 bits per heavy atom. The molecule has 0 amide bonds. The van der Waals surface area contributed by atoms with E-state index in [9.17, 15) is 0 Å². The Morgan fingerprint density at radius 3 is 3.05 bits per heavy atom. The number of benzene rings is 1. The Hall–Kier alpha value is -1.49. The molecule has 0 radical (unpaired) electrons. The Balaban J connectivity index is 1.91. The third kappa shape index (κ3) is 2.82. The maximum atomic E-state index is 5.84. The quantitative estimate of drug-likeness (QED) is 0.927. The van der Waals surface area contributed by atoms with Gasteiger partial charge in [0, 0.05) is 11.6 Å². The molecule has 1 fully saturated rings. The lowest BCUT2D eigenvalue weighted by Crippen LogP contribution is -2.40. The van der Waals surface area contributed by atoms with Crippen molar-refractivity contribution in [3.8, 4) is 0 Å². The summed E-state index contributed by atoms with van der Waals surface area (Å²) in [6.07, 6.45) is 1.99. The zero-order valence-corrected chi connectivity index (χ0v) is 11.7. The monoisotopic (exact) mass is 272 g/mol. The summed E-state index contributed by atoms with van der Waals surface area (Å²) in [6.45, 7) is 4.96. The van der Waals surface area contributed by atoms with Crippen LogP contribution in [-0.2, 0) is 9.47 Å². The molecule has 0 bridgehead atoms. The lowest BCUT2D eigenvalue weighted by Gasteiger charge is -2.31. The summed E-state index contributed by atoms with van der Waals surface area (Å²) in [5, 5.41) is 4.65. The van der Waals surface area contributed by atoms with Crippen LogP contribution >= 0.6 is 0 Å². The smallest absolute Gasteiger partial charge is 0.100 e. The second-order valence-electron chi connectivity index (χ2n) is 4.98. The molecule has 1 aromatic heterocycles. The minimum atomic E-state index is 0.0478. The largest absolute Gasteiger partial charge is 0.376 e. The fourth-order valence-electron chi connectivity index (χ4n) is 2.64. The van der Waals surface area contributed by atoms with Crippen molar-refractivity contribution in [3.05, 3.63) is 42.1 Å². The molecule has 106 valence electrons. The first-order chi connectivity index (χ1) is 9.88. The number of hydrogen-bond acceptors (Lipinski definition) is 4. The molecule has 1 aromatic carbocycles. The van der Waals surface area contributed by atoms with Crippen LogP contribution < -0.4 is 5.32 Å². The molecule has 3 rings (SSSR count). The summed E-state index contributed by atoms with van der Waals surface area (Å²) in [5.74, 6) is 0. The van der Waals surface area contributed by atoms with Crippen LogP contribution in [0.2, 0.25) is 0 Å². The predicted molar refractivity (Wildman–Crippen MR) is 78.7 cm³/mol. The Labute approximate surface area is 119 Å². The van der Waals surface area contributed by atoms with Gasteiger partial charge in [0.2, 0.25) is 0 Å². The van der Waals surface area contributed by atoms with Crippen molar-refractivity contribution in [1.82, 2.24) is 10.3 Å². The standard InChI is InChI=1S/C16H20N2O2/c1-2-17-16(15-11-19-7-8-20-15)13-9-12-5-3-4-6-14(12)18-10-13/h3-6,9-10,15-17H,2,7-8,11H2,1H3. The van der Waals surface area contributed by atoms with Crippen molar-refractivity contribution < 1.29 is 9.47 Å². The average molecular weight is 272 g/mol. The van der Waals surface area contributed by atoms with Crippen molar-refractivity contribution in [2.75, 3.05) is 26.4 Å². The molecule has 0 saturated carbocycles. The molecule has 4 nitrogen and oxygen atoms in total. The summed E-state index contributed by atoms with van der Waals surface area (Å²) < 4.78 is 11.4. The molecule has 2 heterocycles. The first-order valence-electron chi connectivity index (χ1n) is 7.16. The normalized spacial score (nSPS) is 20.9. The van der Waals surface area contributed by atoms with Gasteiger partial charge in [0.1, 0.15) is 6.10 Å². The van der Waals surface area contributed by atoms with E-state index in [1.54, 1.807) is 0 Å². The van der Waals surface area contributed by atoms with Gasteiger partial charge >= 0.3 is 0 Å². The molecule has 1 aliphatic heterocycles. The number of para-hydroxylation sites is 1. The van der Waals surface area contributed by atoms with Gasteiger partial charge in [0.15, 0.2) is 0 Å². The Bertz CT molecular complexity index is 567. The molecular formula is C16H20N2O2. The summed E-state index contributed by atoms with van der Waals surface area (Å²) in [7, 11) is 0. The average Bonchev–Trinajstić information content (AvgIpc) is 2.53. The fourth-order valence-corrected chi connectivity index (χ4v) is 2.64. The third-order valence-electron chi connectivity index (χ3n) is 3.61. The topological polar surface area (TPSA) is 43.4 Å². The maximum Gasteiger partial charge on any atom is 0.100 e. The predicted octanol–water partition coefficient (Wildman–Crippen LogP) is 2.30. The van der Waals surface area contributed by atoms with Gasteiger partial charge in [0.05, 0.1) is 31.4 Å². The zero-order valence-electron chi connectivity index (χ0n) is 11.7. The second-order valence-corrected chi connectivity index (χ2v) is 4.98. The van der Waals surface area contributed by atoms with E-state index < -0.39 is 0 Å². The SMILES string of the molecule is CCNC(c1cnc2ccccc2c1)C1COCCO1. The number of likely N-dealkylation sites (N-methyl/N-ethyl adjacent to an activating group) is 1. The van der Waals surface area contributed by atoms with Crippen LogP contribution in [0.5, 0.6) is 0 Å². The molecule has 1 N–H and O–H groups in total. The van der Waals surface area contributed by atoms with Crippen LogP contribution in [0.15, 0.2) is 36.5 Å². The van der Waals surface area contributed by atoms with E-state index in [0.29, 0.717) is 19.8 Å². The van der Waals surface area contributed by atoms with Crippen molar-refractivity contribution in [2.24, 2.45) is 0 Å². The van der Waals surface area contributed by atoms with Crippen LogP contribution in [0, 0.1) is 0 Å². The molecule has 1 aliphatic rings. The van der Waals surface area contributed by atoms with Crippen LogP contribution in [0.25, 0.3) is 10.9 Å². The molecule has 0 aliphatic carbocycles. The second kappa shape index (κ2) is 6.31. The van der Waals surface area contributed by atoms with E-state index in [0.717, 1.165) is 23.0 Å². The number of nitrogens with zero attached hydrogens (tertiary/aromatic N) is 1. The van der Waals surface area contributed by atoms with E-state index in [-0.39, 0.29) is 12.1 Å². The van der Waals surface area contributed by atoms with Crippen LogP contribution in [0.1, 0.15) is 18.5 Å². The number of nitrogens with one attached hydrogen (secondary N) is 1. The number of hydrogen-bond donors (Lipinski definition) is 1. The van der Waals surface area contributed by atoms with Gasteiger partial charge < -0.3 is 14.8 Å². The van der Waals surface area contributed by atoms with Gasteiger partial charge in [-0.05, 0) is 24.2 Å². The van der Waals surface area contributed by atoms with Gasteiger partial charge in [-0.15, -0.1) is 0 Å². The summed E-state index contributed by atoms with van der Waals surface area (Å²) in [4.78, 5) is 4.54. The van der Waals surface area contributed by atoms with Crippen LogP contribution in [0.3, 0.4) is 0 Å². The fraction of sp³-hybridized carbons (Fsp3) is 0.438. The number of pyridine rings is 1. The minimum absolute atomic E-state index is 0.0478. The first kappa shape index (κ1) is 13.5. The van der Waals surface area contributed by atoms with E-state index in [1.165, 1.54) is 0 Å². The highest BCUT2D eigenvalue weighted by Crippen LogP contribution is 2.24. The number of aromatic nitrogens is 1. The van der Waals surface area contributed by atoms with E-state index in [1.807, 2.05) is 24.4 Å². The summed E-state index contributed by atoms with van der Waals surface area (Å²) >= 11 is 0. The van der Waals surface area contributed by atoms with E-state index in [2.05, 4.69) is 29.4 Å². The van der Waals surface area contributed by atoms with Crippen molar-refractivity contribution in [1.29, 1.82) is 0 Å². The van der Waals surface area contributed by atoms with Crippen LogP contribution in [0.4, 0.5) is 0 Å². The molecule has 4 heteroatoms. The van der Waals surface area contributed by atoms with E-state index >= 15 is 0 Å². The Morgan fingerprint density at radius 1 is 1.35 bits per heavy atom. The maximum absolute atomic E-state index is 5.84. The van der Waals surface area contributed by atoms with E-state index in [4.69, 9.17) is 9.47 Å². The molecule has 2 aromatic rings. The molecule has 2 atom stereocenters. The highest BCUT2D eigenvalue weighted by Gasteiger charge is 2.26. The molecule has 2 unspecified atom stereocenters. The molecule has 1 saturated heterocycles. The van der Waals surface area contributed by atoms with Crippen molar-refractivity contribution >= 4 is 10.9 Å². The Kier molecular flexibility index (Phi) is 4.25. The molecule has 20 heavy (non-hydrogen) atoms. The molecular weight excluding hydrogens is 252 g/mol. The van der Waals surface area contributed by atoms with Crippen molar-refractivity contribution in [3.63, 3.8) is 0 Å². The highest BCUT2D eigenvalue weighted by atomic mass is 16.6. The van der Waals surface area contributed by atoms with Crippen molar-refractivity contribution in [2.45, 2.75) is 19.1 Å². The number of rotatable bonds is 4. The molecule has 0 spiro atoms. The zero-order chi connectivity index (χ0) is 13.8. The van der Waals surface area contributed by atoms with Gasteiger partial charge in [0.25, 0.3) is 0 Å². The minimum Gasteiger partial charge on any atom is -0.376 e. The lowest BCUT2D eigenvalue weighted by molar-refractivity contribution is -0.102. The number of fused-ring (bicyclic) bond motifs is 1. The van der Waals surface area contributed by atoms with Gasteiger partial charge in [-0.3, -0.25) is 4.98 Å². The third-order valence-corrected chi connectivity index (χ3v) is 3.61. The summed E-state index contributed by atoms with van der Waals surface area (Å²) in [5.41, 5.74) is 2.17. The lowest BCUT2D eigenvalue weighted by atomic mass is 10.0. The van der Waals surface area contributed by atoms with Gasteiger partial charge in [-0.1, -0.05) is 25.1 Å². The van der Waals surface area contributed by atoms with Crippen LogP contribution in [-0.4, -0.2) is 37.5 Å². The summed E-state index contributed by atoms with van der Waals surface area (Å²) in [6, 6.07) is 10.5. The van der Waals surface area contributed by atoms with Gasteiger partial charge in [-0.25, -0.2) is 0 Å². The highest BCUT2D eigenvalue weighted by molar-refractivity contribution is 5.78. The number of ether oxygens (including phenoxy) is 2.